The largest absolute Gasteiger partial charge is 0.494 e. The fraction of sp³-hybridized carbons (Fsp3) is 0.350. The van der Waals surface area contributed by atoms with Crippen molar-refractivity contribution in [3.63, 3.8) is 0 Å². The second kappa shape index (κ2) is 9.09. The predicted molar refractivity (Wildman–Crippen MR) is 111 cm³/mol. The SMILES string of the molecule is CC(C)C1OC(=O)Nc2ccc(OCCCSc3ccc(Cl)c(Cl)c3)cc21. The average Bonchev–Trinajstić information content (AvgIpc) is 2.63. The summed E-state index contributed by atoms with van der Waals surface area (Å²) in [6.07, 6.45) is 0.222. The molecule has 0 radical (unpaired) electrons. The van der Waals surface area contributed by atoms with Crippen LogP contribution in [0.15, 0.2) is 41.3 Å². The molecule has 1 aliphatic rings. The Morgan fingerprint density at radius 3 is 2.74 bits per heavy atom. The van der Waals surface area contributed by atoms with Gasteiger partial charge in [-0.25, -0.2) is 4.79 Å². The Labute approximate surface area is 173 Å². The number of carbonyl (C=O) groups is 1. The Kier molecular flexibility index (Phi) is 6.79. The van der Waals surface area contributed by atoms with Crippen molar-refractivity contribution in [1.82, 2.24) is 0 Å². The minimum atomic E-state index is -0.408. The summed E-state index contributed by atoms with van der Waals surface area (Å²) in [7, 11) is 0. The standard InChI is InChI=1S/C20H21Cl2NO3S/c1-12(2)19-15-10-13(4-7-18(15)23-20(24)26-19)25-8-3-9-27-14-5-6-16(21)17(22)11-14/h4-7,10-12,19H,3,8-9H2,1-2H3,(H,23,24). The maximum absolute atomic E-state index is 11.6. The number of amides is 1. The van der Waals surface area contributed by atoms with Gasteiger partial charge in [0.05, 0.1) is 22.3 Å². The number of ether oxygens (including phenoxy) is 2. The second-order valence-electron chi connectivity index (χ2n) is 6.57. The number of thioether (sulfide) groups is 1. The van der Waals surface area contributed by atoms with Crippen LogP contribution in [0.4, 0.5) is 10.5 Å². The lowest BCUT2D eigenvalue weighted by Crippen LogP contribution is -2.27. The van der Waals surface area contributed by atoms with Crippen molar-refractivity contribution in [1.29, 1.82) is 0 Å². The number of hydrogen-bond acceptors (Lipinski definition) is 4. The molecule has 0 bridgehead atoms. The van der Waals surface area contributed by atoms with E-state index in [0.29, 0.717) is 16.7 Å². The predicted octanol–water partition coefficient (Wildman–Crippen LogP) is 6.81. The zero-order valence-corrected chi connectivity index (χ0v) is 17.5. The molecule has 2 aromatic rings. The van der Waals surface area contributed by atoms with E-state index in [0.717, 1.165) is 34.1 Å². The first kappa shape index (κ1) is 20.2. The van der Waals surface area contributed by atoms with E-state index >= 15 is 0 Å². The van der Waals surface area contributed by atoms with Crippen molar-refractivity contribution in [3.05, 3.63) is 52.0 Å². The Bertz CT molecular complexity index is 829. The molecule has 2 aromatic carbocycles. The van der Waals surface area contributed by atoms with E-state index in [4.69, 9.17) is 32.7 Å². The minimum absolute atomic E-state index is 0.188. The van der Waals surface area contributed by atoms with Crippen molar-refractivity contribution in [2.75, 3.05) is 17.7 Å². The number of halogens is 2. The molecule has 0 fully saturated rings. The van der Waals surface area contributed by atoms with Crippen LogP contribution in [-0.4, -0.2) is 18.5 Å². The molecule has 1 heterocycles. The van der Waals surface area contributed by atoms with Crippen molar-refractivity contribution < 1.29 is 14.3 Å². The van der Waals surface area contributed by atoms with Crippen molar-refractivity contribution in [2.24, 2.45) is 5.92 Å². The number of anilines is 1. The summed E-state index contributed by atoms with van der Waals surface area (Å²) in [4.78, 5) is 12.7. The summed E-state index contributed by atoms with van der Waals surface area (Å²) in [6.45, 7) is 4.66. The number of rotatable bonds is 7. The highest BCUT2D eigenvalue weighted by molar-refractivity contribution is 7.99. The first-order valence-electron chi connectivity index (χ1n) is 8.76. The molecule has 7 heteroatoms. The van der Waals surface area contributed by atoms with Gasteiger partial charge in [0.2, 0.25) is 0 Å². The number of nitrogens with one attached hydrogen (secondary N) is 1. The zero-order chi connectivity index (χ0) is 19.4. The van der Waals surface area contributed by atoms with Crippen molar-refractivity contribution in [2.45, 2.75) is 31.3 Å². The van der Waals surface area contributed by atoms with Gasteiger partial charge >= 0.3 is 6.09 Å². The van der Waals surface area contributed by atoms with Crippen LogP contribution in [0, 0.1) is 5.92 Å². The number of fused-ring (bicyclic) bond motifs is 1. The smallest absolute Gasteiger partial charge is 0.412 e. The third kappa shape index (κ3) is 5.24. The minimum Gasteiger partial charge on any atom is -0.494 e. The van der Waals surface area contributed by atoms with E-state index in [9.17, 15) is 4.79 Å². The summed E-state index contributed by atoms with van der Waals surface area (Å²) >= 11 is 13.7. The molecule has 0 aromatic heterocycles. The van der Waals surface area contributed by atoms with Crippen LogP contribution >= 0.6 is 35.0 Å². The van der Waals surface area contributed by atoms with Crippen LogP contribution in [0.2, 0.25) is 10.0 Å². The zero-order valence-electron chi connectivity index (χ0n) is 15.1. The van der Waals surface area contributed by atoms with E-state index in [2.05, 4.69) is 5.32 Å². The fourth-order valence-electron chi connectivity index (χ4n) is 2.80. The quantitative estimate of drug-likeness (QED) is 0.390. The molecule has 1 atom stereocenters. The lowest BCUT2D eigenvalue weighted by molar-refractivity contribution is 0.0774. The highest BCUT2D eigenvalue weighted by Gasteiger charge is 2.29. The van der Waals surface area contributed by atoms with Gasteiger partial charge in [0, 0.05) is 16.2 Å². The summed E-state index contributed by atoms with van der Waals surface area (Å²) < 4.78 is 11.3. The van der Waals surface area contributed by atoms with E-state index in [1.807, 2.05) is 50.2 Å². The van der Waals surface area contributed by atoms with Gasteiger partial charge in [-0.3, -0.25) is 5.32 Å². The van der Waals surface area contributed by atoms with Gasteiger partial charge in [-0.2, -0.15) is 0 Å². The molecule has 1 unspecified atom stereocenters. The van der Waals surface area contributed by atoms with E-state index in [-0.39, 0.29) is 12.0 Å². The molecular formula is C20H21Cl2NO3S. The Hall–Kier alpha value is -1.56. The molecule has 144 valence electrons. The Balaban J connectivity index is 1.52. The van der Waals surface area contributed by atoms with Crippen LogP contribution in [0.3, 0.4) is 0 Å². The molecule has 0 saturated heterocycles. The van der Waals surface area contributed by atoms with Gasteiger partial charge < -0.3 is 9.47 Å². The normalized spacial score (nSPS) is 15.9. The first-order valence-corrected chi connectivity index (χ1v) is 10.5. The summed E-state index contributed by atoms with van der Waals surface area (Å²) in [6, 6.07) is 11.3. The van der Waals surface area contributed by atoms with Gasteiger partial charge in [0.15, 0.2) is 0 Å². The lowest BCUT2D eigenvalue weighted by Gasteiger charge is -2.29. The maximum Gasteiger partial charge on any atom is 0.412 e. The van der Waals surface area contributed by atoms with Crippen LogP contribution in [0.25, 0.3) is 0 Å². The number of benzene rings is 2. The van der Waals surface area contributed by atoms with Crippen LogP contribution < -0.4 is 10.1 Å². The van der Waals surface area contributed by atoms with Gasteiger partial charge in [-0.05, 0) is 48.7 Å². The second-order valence-corrected chi connectivity index (χ2v) is 8.55. The van der Waals surface area contributed by atoms with Crippen molar-refractivity contribution >= 4 is 46.7 Å². The van der Waals surface area contributed by atoms with Crippen LogP contribution in [-0.2, 0) is 4.74 Å². The van der Waals surface area contributed by atoms with Crippen LogP contribution in [0.1, 0.15) is 31.9 Å². The van der Waals surface area contributed by atoms with Crippen LogP contribution in [0.5, 0.6) is 5.75 Å². The highest BCUT2D eigenvalue weighted by Crippen LogP contribution is 2.37. The third-order valence-corrected chi connectivity index (χ3v) is 5.94. The molecule has 1 amide bonds. The molecule has 0 aliphatic carbocycles. The third-order valence-electron chi connectivity index (χ3n) is 4.12. The van der Waals surface area contributed by atoms with Gasteiger partial charge in [0.25, 0.3) is 0 Å². The van der Waals surface area contributed by atoms with Gasteiger partial charge in [0.1, 0.15) is 11.9 Å². The number of hydrogen-bond donors (Lipinski definition) is 1. The molecule has 0 saturated carbocycles. The van der Waals surface area contributed by atoms with E-state index < -0.39 is 6.09 Å². The molecule has 0 spiro atoms. The van der Waals surface area contributed by atoms with Gasteiger partial charge in [-0.1, -0.05) is 37.0 Å². The average molecular weight is 426 g/mol. The lowest BCUT2D eigenvalue weighted by atomic mass is 9.96. The fourth-order valence-corrected chi connectivity index (χ4v) is 4.02. The summed E-state index contributed by atoms with van der Waals surface area (Å²) in [5.74, 6) is 1.88. The maximum atomic E-state index is 11.6. The molecule has 27 heavy (non-hydrogen) atoms. The van der Waals surface area contributed by atoms with Crippen molar-refractivity contribution in [3.8, 4) is 5.75 Å². The molecule has 3 rings (SSSR count). The number of cyclic esters (lactones) is 1. The topological polar surface area (TPSA) is 47.6 Å². The summed E-state index contributed by atoms with van der Waals surface area (Å²) in [5.41, 5.74) is 1.74. The molecule has 4 nitrogen and oxygen atoms in total. The Morgan fingerprint density at radius 1 is 1.19 bits per heavy atom. The highest BCUT2D eigenvalue weighted by atomic mass is 35.5. The summed E-state index contributed by atoms with van der Waals surface area (Å²) in [5, 5.41) is 3.87. The van der Waals surface area contributed by atoms with E-state index in [1.54, 1.807) is 11.8 Å². The Morgan fingerprint density at radius 2 is 2.00 bits per heavy atom. The monoisotopic (exact) mass is 425 g/mol. The first-order chi connectivity index (χ1) is 12.9. The van der Waals surface area contributed by atoms with E-state index in [1.165, 1.54) is 0 Å². The molecular weight excluding hydrogens is 405 g/mol. The molecule has 1 N–H and O–H groups in total. The van der Waals surface area contributed by atoms with Gasteiger partial charge in [-0.15, -0.1) is 11.8 Å². The number of carbonyl (C=O) groups excluding carboxylic acids is 1. The molecule has 1 aliphatic heterocycles.